The van der Waals surface area contributed by atoms with Crippen LogP contribution in [0.2, 0.25) is 18.6 Å². The van der Waals surface area contributed by atoms with Gasteiger partial charge in [0.05, 0.1) is 40.4 Å². The molecule has 3 aromatic carbocycles. The minimum atomic E-state index is -2.13. The van der Waals surface area contributed by atoms with E-state index >= 15 is 0 Å². The van der Waals surface area contributed by atoms with Gasteiger partial charge in [-0.3, -0.25) is 9.59 Å². The average molecular weight is 615 g/mol. The number of rotatable bonds is 13. The monoisotopic (exact) mass is 614 g/mol. The highest BCUT2D eigenvalue weighted by Gasteiger charge is 2.51. The van der Waals surface area contributed by atoms with Crippen LogP contribution in [0.3, 0.4) is 0 Å². The predicted octanol–water partition coefficient (Wildman–Crippen LogP) is 5.17. The molecule has 2 aliphatic rings. The van der Waals surface area contributed by atoms with Crippen LogP contribution in [-0.4, -0.2) is 68.9 Å². The molecule has 0 aromatic heterocycles. The number of methoxy groups -OCH3 is 1. The lowest BCUT2D eigenvalue weighted by Gasteiger charge is -2.36. The molecule has 234 valence electrons. The van der Waals surface area contributed by atoms with Gasteiger partial charge in [0.15, 0.2) is 0 Å². The molecule has 4 atom stereocenters. The Labute approximate surface area is 262 Å². The molecule has 2 saturated heterocycles. The second kappa shape index (κ2) is 14.1. The topological polar surface area (TPSA) is 79.3 Å². The number of ether oxygens (including phenoxy) is 2. The van der Waals surface area contributed by atoms with Crippen LogP contribution in [0.1, 0.15) is 37.3 Å². The summed E-state index contributed by atoms with van der Waals surface area (Å²) in [6.07, 6.45) is 2.39. The Morgan fingerprint density at radius 1 is 1.02 bits per heavy atom. The number of benzene rings is 3. The van der Waals surface area contributed by atoms with Gasteiger partial charge in [-0.2, -0.15) is 0 Å². The summed E-state index contributed by atoms with van der Waals surface area (Å²) in [4.78, 5) is 29.5. The van der Waals surface area contributed by atoms with Crippen molar-refractivity contribution in [3.8, 4) is 5.75 Å². The SMILES string of the molecule is COc1ccc([Si](C)(C)[C@@H]2[C@@H](C)[C@@H](CCc3cccc(N4CCC4=O)c3)O[C@H]2CC(=O)N(CCO)Cc2ccccc2)cc1. The molecular formula is C36H46N2O5Si. The Hall–Kier alpha value is -3.46. The second-order valence-corrected chi connectivity index (χ2v) is 17.5. The van der Waals surface area contributed by atoms with Gasteiger partial charge in [-0.05, 0) is 59.7 Å². The van der Waals surface area contributed by atoms with E-state index in [0.717, 1.165) is 36.4 Å². The predicted molar refractivity (Wildman–Crippen MR) is 177 cm³/mol. The fourth-order valence-corrected chi connectivity index (χ4v) is 11.2. The molecule has 2 aliphatic heterocycles. The molecule has 0 radical (unpaired) electrons. The zero-order valence-corrected chi connectivity index (χ0v) is 27.4. The quantitative estimate of drug-likeness (QED) is 0.213. The fraction of sp³-hybridized carbons (Fsp3) is 0.444. The highest BCUT2D eigenvalue weighted by atomic mass is 28.3. The Bertz CT molecular complexity index is 1410. The van der Waals surface area contributed by atoms with Gasteiger partial charge in [0.2, 0.25) is 11.8 Å². The van der Waals surface area contributed by atoms with E-state index in [0.29, 0.717) is 19.5 Å². The number of β-lactam (4-membered cyclic amide) rings is 1. The van der Waals surface area contributed by atoms with E-state index in [4.69, 9.17) is 9.47 Å². The Balaban J connectivity index is 1.36. The van der Waals surface area contributed by atoms with Gasteiger partial charge in [0.1, 0.15) is 5.75 Å². The van der Waals surface area contributed by atoms with Gasteiger partial charge >= 0.3 is 0 Å². The van der Waals surface area contributed by atoms with Crippen LogP contribution in [0, 0.1) is 5.92 Å². The molecule has 0 unspecified atom stereocenters. The lowest BCUT2D eigenvalue weighted by Crippen LogP contribution is -2.51. The summed E-state index contributed by atoms with van der Waals surface area (Å²) in [6, 6.07) is 26.6. The summed E-state index contributed by atoms with van der Waals surface area (Å²) in [5.41, 5.74) is 3.43. The molecule has 0 saturated carbocycles. The molecule has 3 aromatic rings. The van der Waals surface area contributed by atoms with Crippen LogP contribution >= 0.6 is 0 Å². The molecule has 7 nitrogen and oxygen atoms in total. The average Bonchev–Trinajstić information content (AvgIpc) is 3.34. The lowest BCUT2D eigenvalue weighted by atomic mass is 9.94. The van der Waals surface area contributed by atoms with E-state index in [1.54, 1.807) is 12.0 Å². The Morgan fingerprint density at radius 2 is 1.75 bits per heavy atom. The van der Waals surface area contributed by atoms with Crippen molar-refractivity contribution < 1.29 is 24.2 Å². The molecule has 8 heteroatoms. The first-order valence-corrected chi connectivity index (χ1v) is 18.9. The third-order valence-corrected chi connectivity index (χ3v) is 14.1. The van der Waals surface area contributed by atoms with E-state index in [2.05, 4.69) is 44.3 Å². The number of hydrogen-bond acceptors (Lipinski definition) is 5. The van der Waals surface area contributed by atoms with E-state index in [1.807, 2.05) is 59.5 Å². The number of carbonyl (C=O) groups excluding carboxylic acids is 2. The summed E-state index contributed by atoms with van der Waals surface area (Å²) in [6.45, 7) is 8.53. The van der Waals surface area contributed by atoms with Crippen molar-refractivity contribution in [3.63, 3.8) is 0 Å². The molecule has 0 spiro atoms. The zero-order valence-electron chi connectivity index (χ0n) is 26.4. The highest BCUT2D eigenvalue weighted by molar-refractivity contribution is 6.91. The van der Waals surface area contributed by atoms with Gasteiger partial charge in [-0.1, -0.05) is 79.8 Å². The highest BCUT2D eigenvalue weighted by Crippen LogP contribution is 2.46. The summed E-state index contributed by atoms with van der Waals surface area (Å²) in [7, 11) is -0.444. The van der Waals surface area contributed by atoms with Gasteiger partial charge < -0.3 is 24.4 Å². The number of hydrogen-bond donors (Lipinski definition) is 1. The van der Waals surface area contributed by atoms with Crippen molar-refractivity contribution in [1.82, 2.24) is 4.90 Å². The first kappa shape index (κ1) is 31.9. The molecule has 2 amide bonds. The van der Waals surface area contributed by atoms with Crippen molar-refractivity contribution in [3.05, 3.63) is 90.0 Å². The fourth-order valence-electron chi connectivity index (χ4n) is 7.14. The first-order chi connectivity index (χ1) is 21.2. The number of nitrogens with zero attached hydrogens (tertiary/aromatic N) is 2. The molecule has 5 rings (SSSR count). The number of anilines is 1. The Kier molecular flexibility index (Phi) is 10.2. The molecule has 2 heterocycles. The van der Waals surface area contributed by atoms with Gasteiger partial charge in [0, 0.05) is 31.7 Å². The van der Waals surface area contributed by atoms with Crippen molar-refractivity contribution in [2.75, 3.05) is 31.7 Å². The van der Waals surface area contributed by atoms with E-state index < -0.39 is 8.07 Å². The van der Waals surface area contributed by atoms with Crippen LogP contribution in [0.15, 0.2) is 78.9 Å². The number of aryl methyl sites for hydroxylation is 1. The van der Waals surface area contributed by atoms with Crippen LogP contribution in [-0.2, 0) is 27.3 Å². The summed E-state index contributed by atoms with van der Waals surface area (Å²) in [5, 5.41) is 11.1. The maximum absolute atomic E-state index is 13.8. The van der Waals surface area contributed by atoms with E-state index in [1.165, 1.54) is 10.8 Å². The number of amides is 2. The maximum atomic E-state index is 13.8. The van der Waals surface area contributed by atoms with Gasteiger partial charge in [0.25, 0.3) is 0 Å². The van der Waals surface area contributed by atoms with Crippen LogP contribution in [0.5, 0.6) is 5.75 Å². The first-order valence-electron chi connectivity index (χ1n) is 15.8. The van der Waals surface area contributed by atoms with Gasteiger partial charge in [-0.15, -0.1) is 0 Å². The van der Waals surface area contributed by atoms with Crippen molar-refractivity contribution >= 4 is 30.8 Å². The number of aliphatic hydroxyl groups is 1. The van der Waals surface area contributed by atoms with Crippen molar-refractivity contribution in [2.24, 2.45) is 5.92 Å². The Morgan fingerprint density at radius 3 is 2.39 bits per heavy atom. The third-order valence-electron chi connectivity index (χ3n) is 9.68. The molecule has 44 heavy (non-hydrogen) atoms. The number of aliphatic hydroxyl groups excluding tert-OH is 1. The normalized spacial score (nSPS) is 21.7. The smallest absolute Gasteiger partial charge is 0.228 e. The molecule has 2 fully saturated rings. The van der Waals surface area contributed by atoms with Crippen LogP contribution in [0.4, 0.5) is 5.69 Å². The molecule has 0 bridgehead atoms. The van der Waals surface area contributed by atoms with Crippen molar-refractivity contribution in [1.29, 1.82) is 0 Å². The number of carbonyl (C=O) groups is 2. The largest absolute Gasteiger partial charge is 0.497 e. The van der Waals surface area contributed by atoms with E-state index in [9.17, 15) is 14.7 Å². The minimum absolute atomic E-state index is 0.0113. The summed E-state index contributed by atoms with van der Waals surface area (Å²) < 4.78 is 12.3. The summed E-state index contributed by atoms with van der Waals surface area (Å²) >= 11 is 0. The summed E-state index contributed by atoms with van der Waals surface area (Å²) in [5.74, 6) is 1.29. The standard InChI is InChI=1S/C36H46N2O5Si/c1-26-32(18-13-27-11-8-12-29(23-27)38-20-19-34(38)40)43-33(36(26)44(3,4)31-16-14-30(42-2)15-17-31)24-35(41)37(21-22-39)25-28-9-6-5-7-10-28/h5-12,14-17,23,26,32-33,36,39H,13,18-22,24-25H2,1-4H3/t26-,32+,33-,36+/m0/s1. The zero-order chi connectivity index (χ0) is 31.3. The van der Waals surface area contributed by atoms with Gasteiger partial charge in [-0.25, -0.2) is 0 Å². The maximum Gasteiger partial charge on any atom is 0.228 e. The third kappa shape index (κ3) is 7.09. The van der Waals surface area contributed by atoms with Crippen LogP contribution in [0.25, 0.3) is 0 Å². The van der Waals surface area contributed by atoms with E-state index in [-0.39, 0.29) is 48.5 Å². The minimum Gasteiger partial charge on any atom is -0.497 e. The second-order valence-electron chi connectivity index (χ2n) is 12.8. The van der Waals surface area contributed by atoms with Crippen LogP contribution < -0.4 is 14.8 Å². The molecular weight excluding hydrogens is 568 g/mol. The van der Waals surface area contributed by atoms with Crippen molar-refractivity contribution in [2.45, 2.75) is 70.0 Å². The molecule has 1 N–H and O–H groups in total. The molecule has 0 aliphatic carbocycles. The lowest BCUT2D eigenvalue weighted by molar-refractivity contribution is -0.135.